The molecule has 148 valence electrons. The summed E-state index contributed by atoms with van der Waals surface area (Å²) < 4.78 is 132. The molecule has 2 N–H and O–H groups in total. The average Bonchev–Trinajstić information content (AvgIpc) is 2.45. The first kappa shape index (κ1) is 22.9. The summed E-state index contributed by atoms with van der Waals surface area (Å²) in [6, 6.07) is 4.63. The predicted molar refractivity (Wildman–Crippen MR) is 81.9 cm³/mol. The van der Waals surface area contributed by atoms with E-state index in [1.54, 1.807) is 0 Å². The number of rotatable bonds is 6. The summed E-state index contributed by atoms with van der Waals surface area (Å²) in [5, 5.41) is -13.7. The van der Waals surface area contributed by atoms with Gasteiger partial charge in [0.2, 0.25) is 0 Å². The second-order valence-corrected chi connectivity index (χ2v) is 8.85. The Morgan fingerprint density at radius 2 is 1.42 bits per heavy atom. The van der Waals surface area contributed by atoms with Crippen LogP contribution in [0.5, 0.6) is 0 Å². The Morgan fingerprint density at radius 3 is 1.85 bits per heavy atom. The maximum atomic E-state index is 13.6. The van der Waals surface area contributed by atoms with E-state index in [1.165, 1.54) is 34.7 Å². The van der Waals surface area contributed by atoms with Crippen LogP contribution in [0.4, 0.5) is 26.3 Å². The second-order valence-electron chi connectivity index (χ2n) is 4.50. The van der Waals surface area contributed by atoms with E-state index in [9.17, 15) is 48.0 Å². The first-order valence-corrected chi connectivity index (χ1v) is 9.82. The Hall–Kier alpha value is -1.14. The highest BCUT2D eigenvalue weighted by atomic mass is 127. The molecule has 0 radical (unpaired) electrons. The summed E-state index contributed by atoms with van der Waals surface area (Å²) in [6.07, 6.45) is 0. The van der Waals surface area contributed by atoms with Crippen molar-refractivity contribution in [2.24, 2.45) is 0 Å². The Kier molecular flexibility index (Phi) is 5.98. The van der Waals surface area contributed by atoms with Crippen molar-refractivity contribution in [3.8, 4) is 0 Å². The number of hydrogen-bond acceptors (Lipinski definition) is 5. The van der Waals surface area contributed by atoms with Gasteiger partial charge < -0.3 is 0 Å². The van der Waals surface area contributed by atoms with E-state index in [2.05, 4.69) is 0 Å². The summed E-state index contributed by atoms with van der Waals surface area (Å²) in [4.78, 5) is 11.7. The second kappa shape index (κ2) is 6.79. The molecule has 0 aliphatic rings. The first-order valence-electron chi connectivity index (χ1n) is 5.82. The molecular weight excluding hydrogens is 535 g/mol. The minimum absolute atomic E-state index is 0.00357. The van der Waals surface area contributed by atoms with Crippen molar-refractivity contribution in [1.29, 1.82) is 0 Å². The van der Waals surface area contributed by atoms with E-state index in [0.29, 0.717) is 4.72 Å². The maximum absolute atomic E-state index is 13.6. The van der Waals surface area contributed by atoms with Gasteiger partial charge in [-0.05, 0) is 34.7 Å². The number of nitrogens with one attached hydrogen (secondary N) is 1. The molecule has 0 saturated carbocycles. The van der Waals surface area contributed by atoms with Gasteiger partial charge in [0.25, 0.3) is 5.91 Å². The highest BCUT2D eigenvalue weighted by Gasteiger charge is 2.82. The third kappa shape index (κ3) is 3.63. The molecule has 16 heteroatoms. The molecule has 0 unspecified atom stereocenters. The lowest BCUT2D eigenvalue weighted by Gasteiger charge is -2.30. The summed E-state index contributed by atoms with van der Waals surface area (Å²) in [5.74, 6) is -8.98. The number of alkyl halides is 6. The average molecular weight is 541 g/mol. The Labute approximate surface area is 155 Å². The number of halogens is 7. The fraction of sp³-hybridized carbons (Fsp3) is 0.300. The zero-order valence-electron chi connectivity index (χ0n) is 11.8. The number of amides is 1. The number of sulfonamides is 1. The van der Waals surface area contributed by atoms with Gasteiger partial charge in [-0.15, -0.1) is 0 Å². The van der Waals surface area contributed by atoms with Crippen molar-refractivity contribution < 1.29 is 52.5 Å². The van der Waals surface area contributed by atoms with E-state index in [4.69, 9.17) is 4.55 Å². The Morgan fingerprint density at radius 1 is 0.962 bits per heavy atom. The molecule has 0 saturated heterocycles. The van der Waals surface area contributed by atoms with Crippen LogP contribution in [0, 0.1) is 3.57 Å². The fourth-order valence-electron chi connectivity index (χ4n) is 1.39. The zero-order valence-corrected chi connectivity index (χ0v) is 15.6. The summed E-state index contributed by atoms with van der Waals surface area (Å²) in [7, 11) is -14.0. The molecule has 0 bridgehead atoms. The third-order valence-electron chi connectivity index (χ3n) is 2.74. The van der Waals surface area contributed by atoms with Gasteiger partial charge in [0, 0.05) is 3.57 Å². The van der Waals surface area contributed by atoms with Gasteiger partial charge in [0.1, 0.15) is 0 Å². The van der Waals surface area contributed by atoms with Gasteiger partial charge in [0.15, 0.2) is 0 Å². The maximum Gasteiger partial charge on any atom is 0.439 e. The van der Waals surface area contributed by atoms with Crippen LogP contribution in [0.2, 0.25) is 0 Å². The molecule has 1 aromatic rings. The number of carbonyl (C=O) groups is 1. The summed E-state index contributed by atoms with van der Waals surface area (Å²) in [5.41, 5.74) is -0.572. The molecule has 0 spiro atoms. The molecule has 0 aliphatic heterocycles. The highest BCUT2D eigenvalue weighted by Crippen LogP contribution is 2.50. The molecule has 1 aromatic carbocycles. The van der Waals surface area contributed by atoms with Crippen LogP contribution in [-0.4, -0.2) is 43.7 Å². The normalized spacial score (nSPS) is 14.2. The minimum atomic E-state index is -7.13. The van der Waals surface area contributed by atoms with Crippen LogP contribution < -0.4 is 4.72 Å². The van der Waals surface area contributed by atoms with Gasteiger partial charge in [-0.25, -0.2) is 4.72 Å². The van der Waals surface area contributed by atoms with Crippen LogP contribution in [0.25, 0.3) is 0 Å². The summed E-state index contributed by atoms with van der Waals surface area (Å²) in [6.45, 7) is 0. The van der Waals surface area contributed by atoms with Crippen LogP contribution in [0.3, 0.4) is 0 Å². The van der Waals surface area contributed by atoms with Crippen molar-refractivity contribution in [3.63, 3.8) is 0 Å². The lowest BCUT2D eigenvalue weighted by molar-refractivity contribution is -0.245. The largest absolute Gasteiger partial charge is 0.439 e. The van der Waals surface area contributed by atoms with Crippen molar-refractivity contribution >= 4 is 48.6 Å². The number of hydrogen-bond donors (Lipinski definition) is 2. The lowest BCUT2D eigenvalue weighted by Crippen LogP contribution is -2.63. The van der Waals surface area contributed by atoms with Gasteiger partial charge in [-0.2, -0.15) is 43.2 Å². The third-order valence-corrected chi connectivity index (χ3v) is 5.97. The summed E-state index contributed by atoms with van der Waals surface area (Å²) >= 11 is 1.46. The van der Waals surface area contributed by atoms with Crippen LogP contribution in [-0.2, 0) is 20.1 Å². The molecular formula is C10H6F6INO6S2. The zero-order chi connectivity index (χ0) is 20.8. The van der Waals surface area contributed by atoms with E-state index in [0.717, 1.165) is 12.1 Å². The fourth-order valence-corrected chi connectivity index (χ4v) is 3.48. The van der Waals surface area contributed by atoms with Crippen LogP contribution >= 0.6 is 22.6 Å². The minimum Gasteiger partial charge on any atom is -0.281 e. The van der Waals surface area contributed by atoms with Crippen molar-refractivity contribution in [2.75, 3.05) is 0 Å². The number of benzene rings is 1. The first-order chi connectivity index (χ1) is 11.4. The van der Waals surface area contributed by atoms with Crippen molar-refractivity contribution in [2.45, 2.75) is 16.4 Å². The topological polar surface area (TPSA) is 118 Å². The molecule has 26 heavy (non-hydrogen) atoms. The lowest BCUT2D eigenvalue weighted by atomic mass is 10.2. The molecule has 0 heterocycles. The van der Waals surface area contributed by atoms with Gasteiger partial charge >= 0.3 is 36.6 Å². The number of carbonyl (C=O) groups excluding carboxylic acids is 1. The molecule has 1 amide bonds. The smallest absolute Gasteiger partial charge is 0.281 e. The van der Waals surface area contributed by atoms with E-state index < -0.39 is 48.0 Å². The van der Waals surface area contributed by atoms with Crippen LogP contribution in [0.1, 0.15) is 10.4 Å². The molecule has 0 aromatic heterocycles. The van der Waals surface area contributed by atoms with Gasteiger partial charge in [0.05, 0.1) is 5.56 Å². The highest BCUT2D eigenvalue weighted by molar-refractivity contribution is 14.1. The predicted octanol–water partition coefficient (Wildman–Crippen LogP) is 2.06. The monoisotopic (exact) mass is 541 g/mol. The standard InChI is InChI=1S/C10H6F6INO6S2/c11-8(12,10(15,16)26(22,23)24)9(13,14)25(20,21)18-7(19)5-3-1-2-4-6(5)17/h1-4H,(H,18,19)(H,22,23,24). The van der Waals surface area contributed by atoms with Gasteiger partial charge in [-0.3, -0.25) is 9.35 Å². The Bertz CT molecular complexity index is 933. The van der Waals surface area contributed by atoms with Crippen molar-refractivity contribution in [1.82, 2.24) is 4.72 Å². The molecule has 7 nitrogen and oxygen atoms in total. The van der Waals surface area contributed by atoms with Crippen LogP contribution in [0.15, 0.2) is 24.3 Å². The molecule has 0 aliphatic carbocycles. The van der Waals surface area contributed by atoms with Gasteiger partial charge in [-0.1, -0.05) is 12.1 Å². The molecule has 0 fully saturated rings. The van der Waals surface area contributed by atoms with E-state index >= 15 is 0 Å². The Balaban J connectivity index is 3.38. The van der Waals surface area contributed by atoms with Crippen molar-refractivity contribution in [3.05, 3.63) is 33.4 Å². The molecule has 1 rings (SSSR count). The van der Waals surface area contributed by atoms with E-state index in [-0.39, 0.29) is 3.57 Å². The van der Waals surface area contributed by atoms with E-state index in [1.807, 2.05) is 0 Å². The quantitative estimate of drug-likeness (QED) is 0.324. The molecule has 0 atom stereocenters. The SMILES string of the molecule is O=C(NS(=O)(=O)C(F)(F)C(F)(F)C(F)(F)S(=O)(=O)O)c1ccccc1I.